The fourth-order valence-electron chi connectivity index (χ4n) is 3.20. The van der Waals surface area contributed by atoms with E-state index in [1.54, 1.807) is 24.3 Å². The maximum Gasteiger partial charge on any atom is 0.265 e. The molecule has 2 aromatic carbocycles. The average Bonchev–Trinajstić information content (AvgIpc) is 3.33. The smallest absolute Gasteiger partial charge is 0.265 e. The first-order valence-electron chi connectivity index (χ1n) is 8.77. The van der Waals surface area contributed by atoms with Crippen molar-refractivity contribution in [3.05, 3.63) is 54.1 Å². The Labute approximate surface area is 151 Å². The molecule has 4 rings (SSSR count). The first kappa shape index (κ1) is 16.6. The summed E-state index contributed by atoms with van der Waals surface area (Å²) in [4.78, 5) is 24.4. The molecule has 2 amide bonds. The van der Waals surface area contributed by atoms with Crippen molar-refractivity contribution in [2.24, 2.45) is 0 Å². The minimum absolute atomic E-state index is 0.128. The van der Waals surface area contributed by atoms with Crippen molar-refractivity contribution in [1.29, 1.82) is 0 Å². The molecule has 2 N–H and O–H groups in total. The topological polar surface area (TPSA) is 76.7 Å². The Morgan fingerprint density at radius 1 is 0.885 bits per heavy atom. The minimum atomic E-state index is -0.522. The van der Waals surface area contributed by atoms with Crippen molar-refractivity contribution in [2.75, 3.05) is 17.2 Å². The molecule has 2 aliphatic heterocycles. The van der Waals surface area contributed by atoms with E-state index in [2.05, 4.69) is 10.6 Å². The van der Waals surface area contributed by atoms with Gasteiger partial charge >= 0.3 is 0 Å². The summed E-state index contributed by atoms with van der Waals surface area (Å²) < 4.78 is 11.1. The number of benzene rings is 2. The third-order valence-electron chi connectivity index (χ3n) is 4.58. The molecule has 0 aromatic heterocycles. The summed E-state index contributed by atoms with van der Waals surface area (Å²) in [6.45, 7) is 0.635. The Bertz CT molecular complexity index is 788. The highest BCUT2D eigenvalue weighted by Gasteiger charge is 2.28. The molecular formula is C20H20N2O4. The molecular weight excluding hydrogens is 332 g/mol. The average molecular weight is 352 g/mol. The highest BCUT2D eigenvalue weighted by Crippen LogP contribution is 2.28. The van der Waals surface area contributed by atoms with Crippen molar-refractivity contribution in [3.63, 3.8) is 0 Å². The van der Waals surface area contributed by atoms with Crippen LogP contribution in [0.25, 0.3) is 0 Å². The van der Waals surface area contributed by atoms with Gasteiger partial charge in [-0.05, 0) is 48.7 Å². The van der Waals surface area contributed by atoms with E-state index in [-0.39, 0.29) is 17.9 Å². The van der Waals surface area contributed by atoms with Gasteiger partial charge < -0.3 is 20.1 Å². The van der Waals surface area contributed by atoms with Crippen LogP contribution < -0.4 is 15.4 Å². The molecule has 6 nitrogen and oxygen atoms in total. The zero-order valence-electron chi connectivity index (χ0n) is 14.2. The number of fused-ring (bicyclic) bond motifs is 1. The molecule has 1 fully saturated rings. The minimum Gasteiger partial charge on any atom is -0.480 e. The SMILES string of the molecule is O=C(Nc1ccc(NC(=O)C2Cc3ccccc3O2)cc1)C1CCCO1. The second kappa shape index (κ2) is 7.17. The molecule has 2 aliphatic rings. The highest BCUT2D eigenvalue weighted by atomic mass is 16.5. The van der Waals surface area contributed by atoms with Gasteiger partial charge in [-0.1, -0.05) is 18.2 Å². The number of para-hydroxylation sites is 1. The van der Waals surface area contributed by atoms with Gasteiger partial charge in [-0.3, -0.25) is 9.59 Å². The monoisotopic (exact) mass is 352 g/mol. The van der Waals surface area contributed by atoms with E-state index < -0.39 is 6.10 Å². The summed E-state index contributed by atoms with van der Waals surface area (Å²) in [5.74, 6) is 0.452. The van der Waals surface area contributed by atoms with Crippen molar-refractivity contribution in [1.82, 2.24) is 0 Å². The number of amides is 2. The quantitative estimate of drug-likeness (QED) is 0.887. The van der Waals surface area contributed by atoms with Gasteiger partial charge in [0.05, 0.1) is 0 Å². The van der Waals surface area contributed by atoms with Crippen LogP contribution in [0.3, 0.4) is 0 Å². The van der Waals surface area contributed by atoms with E-state index in [9.17, 15) is 9.59 Å². The second-order valence-corrected chi connectivity index (χ2v) is 6.48. The van der Waals surface area contributed by atoms with E-state index >= 15 is 0 Å². The molecule has 26 heavy (non-hydrogen) atoms. The normalized spacial score (nSPS) is 20.9. The Morgan fingerprint density at radius 2 is 1.54 bits per heavy atom. The predicted octanol–water partition coefficient (Wildman–Crippen LogP) is 2.75. The lowest BCUT2D eigenvalue weighted by molar-refractivity contribution is -0.124. The van der Waals surface area contributed by atoms with Crippen LogP contribution in [0.1, 0.15) is 18.4 Å². The van der Waals surface area contributed by atoms with Crippen molar-refractivity contribution in [3.8, 4) is 5.75 Å². The van der Waals surface area contributed by atoms with Crippen LogP contribution in [-0.4, -0.2) is 30.6 Å². The lowest BCUT2D eigenvalue weighted by atomic mass is 10.1. The van der Waals surface area contributed by atoms with Crippen LogP contribution in [0.4, 0.5) is 11.4 Å². The van der Waals surface area contributed by atoms with Crippen LogP contribution in [-0.2, 0) is 20.7 Å². The van der Waals surface area contributed by atoms with Gasteiger partial charge in [-0.25, -0.2) is 0 Å². The van der Waals surface area contributed by atoms with Crippen molar-refractivity contribution >= 4 is 23.2 Å². The Morgan fingerprint density at radius 3 is 2.15 bits per heavy atom. The largest absolute Gasteiger partial charge is 0.480 e. The maximum atomic E-state index is 12.4. The molecule has 0 saturated carbocycles. The zero-order chi connectivity index (χ0) is 17.9. The van der Waals surface area contributed by atoms with Gasteiger partial charge in [0.25, 0.3) is 11.8 Å². The van der Waals surface area contributed by atoms with Crippen molar-refractivity contribution < 1.29 is 19.1 Å². The molecule has 6 heteroatoms. The number of anilines is 2. The van der Waals surface area contributed by atoms with Gasteiger partial charge in [0.2, 0.25) is 0 Å². The molecule has 2 atom stereocenters. The first-order valence-corrected chi connectivity index (χ1v) is 8.77. The van der Waals surface area contributed by atoms with E-state index in [1.807, 2.05) is 24.3 Å². The third kappa shape index (κ3) is 3.55. The number of nitrogens with one attached hydrogen (secondary N) is 2. The highest BCUT2D eigenvalue weighted by molar-refractivity contribution is 5.96. The first-order chi connectivity index (χ1) is 12.7. The van der Waals surface area contributed by atoms with Gasteiger partial charge in [-0.2, -0.15) is 0 Å². The van der Waals surface area contributed by atoms with Crippen LogP contribution in [0.2, 0.25) is 0 Å². The van der Waals surface area contributed by atoms with Gasteiger partial charge in [0.1, 0.15) is 11.9 Å². The fourth-order valence-corrected chi connectivity index (χ4v) is 3.20. The van der Waals surface area contributed by atoms with E-state index in [4.69, 9.17) is 9.47 Å². The zero-order valence-corrected chi connectivity index (χ0v) is 14.2. The third-order valence-corrected chi connectivity index (χ3v) is 4.58. The van der Waals surface area contributed by atoms with Gasteiger partial charge in [0.15, 0.2) is 6.10 Å². The van der Waals surface area contributed by atoms with Gasteiger partial charge in [-0.15, -0.1) is 0 Å². The molecule has 1 saturated heterocycles. The summed E-state index contributed by atoms with van der Waals surface area (Å²) in [7, 11) is 0. The molecule has 0 spiro atoms. The molecule has 0 aliphatic carbocycles. The number of rotatable bonds is 4. The summed E-state index contributed by atoms with van der Waals surface area (Å²) in [5.41, 5.74) is 2.37. The number of carbonyl (C=O) groups excluding carboxylic acids is 2. The van der Waals surface area contributed by atoms with E-state index in [0.29, 0.717) is 24.4 Å². The fraction of sp³-hybridized carbons (Fsp3) is 0.300. The van der Waals surface area contributed by atoms with E-state index in [0.717, 1.165) is 24.2 Å². The molecule has 2 unspecified atom stereocenters. The lowest BCUT2D eigenvalue weighted by Crippen LogP contribution is -2.31. The van der Waals surface area contributed by atoms with Crippen LogP contribution >= 0.6 is 0 Å². The lowest BCUT2D eigenvalue weighted by Gasteiger charge is -2.13. The Balaban J connectivity index is 1.33. The Hall–Kier alpha value is -2.86. The standard InChI is InChI=1S/C20H20N2O4/c23-19(17-6-3-11-25-17)21-14-7-9-15(10-8-14)22-20(24)18-12-13-4-1-2-5-16(13)26-18/h1-2,4-5,7-10,17-18H,3,6,11-12H2,(H,21,23)(H,22,24). The van der Waals surface area contributed by atoms with Crippen LogP contribution in [0.15, 0.2) is 48.5 Å². The number of ether oxygens (including phenoxy) is 2. The van der Waals surface area contributed by atoms with Gasteiger partial charge in [0, 0.05) is 24.4 Å². The summed E-state index contributed by atoms with van der Waals surface area (Å²) in [6, 6.07) is 14.7. The van der Waals surface area contributed by atoms with Crippen LogP contribution in [0, 0.1) is 0 Å². The molecule has 0 bridgehead atoms. The number of hydrogen-bond acceptors (Lipinski definition) is 4. The Kier molecular flexibility index (Phi) is 4.58. The second-order valence-electron chi connectivity index (χ2n) is 6.48. The number of carbonyl (C=O) groups is 2. The maximum absolute atomic E-state index is 12.4. The molecule has 0 radical (unpaired) electrons. The molecule has 2 heterocycles. The van der Waals surface area contributed by atoms with Crippen LogP contribution in [0.5, 0.6) is 5.75 Å². The summed E-state index contributed by atoms with van der Waals surface area (Å²) in [5, 5.41) is 5.68. The molecule has 2 aromatic rings. The number of hydrogen-bond donors (Lipinski definition) is 2. The van der Waals surface area contributed by atoms with E-state index in [1.165, 1.54) is 0 Å². The summed E-state index contributed by atoms with van der Waals surface area (Å²) >= 11 is 0. The summed E-state index contributed by atoms with van der Waals surface area (Å²) in [6.07, 6.45) is 1.35. The molecule has 134 valence electrons. The van der Waals surface area contributed by atoms with Crippen molar-refractivity contribution in [2.45, 2.75) is 31.5 Å². The predicted molar refractivity (Wildman–Crippen MR) is 97.2 cm³/mol.